The summed E-state index contributed by atoms with van der Waals surface area (Å²) in [6.07, 6.45) is 20.1. The van der Waals surface area contributed by atoms with E-state index in [-0.39, 0.29) is 0 Å². The zero-order chi connectivity index (χ0) is 53.1. The fourth-order valence-electron chi connectivity index (χ4n) is 7.79. The van der Waals surface area contributed by atoms with Crippen molar-refractivity contribution in [1.29, 1.82) is 0 Å². The van der Waals surface area contributed by atoms with Crippen LogP contribution in [0.2, 0.25) is 0 Å². The smallest absolute Gasteiger partial charge is 0.0431 e. The van der Waals surface area contributed by atoms with Gasteiger partial charge < -0.3 is 0 Å². The van der Waals surface area contributed by atoms with Crippen molar-refractivity contribution in [2.45, 2.75) is 69.2 Å². The molecule has 0 saturated heterocycles. The Kier molecular flexibility index (Phi) is 19.4. The molecule has 0 aliphatic heterocycles. The number of hydrogen-bond donors (Lipinski definition) is 0. The SMILES string of the molecule is C=C/C(C)=C\C=C\C#CC1=C(/C(C=C)=C/C=C(C)C)C(C#Cc2ccc(C)cc2)=C(c2ccc(C)cc2)C(C#Cc2ccc(C)cc2)=C(C(=C)/C=C\C(C)=C/C)C(C#Cc2ccc(C)cc2)=C1c1ccc(C)cc1. The van der Waals surface area contributed by atoms with Crippen molar-refractivity contribution in [2.24, 2.45) is 0 Å². The summed E-state index contributed by atoms with van der Waals surface area (Å²) in [6, 6.07) is 42.3. The largest absolute Gasteiger partial charge is 0.0988 e. The molecule has 0 radical (unpaired) electrons. The summed E-state index contributed by atoms with van der Waals surface area (Å²) in [7, 11) is 0. The molecule has 0 heterocycles. The van der Waals surface area contributed by atoms with E-state index in [4.69, 9.17) is 6.58 Å². The first-order valence-electron chi connectivity index (χ1n) is 25.0. The zero-order valence-corrected chi connectivity index (χ0v) is 44.9. The predicted octanol–water partition coefficient (Wildman–Crippen LogP) is 18.0. The standard InChI is InChI=1S/C74H66/c1-14-53(6)20-18-17-19-21-67-72(64(16-3)44-22-52(4)5)70(51-43-63-39-28-57(10)29-40-63)74(66-47-32-59(12)33-48-66)69(50-42-62-37-26-56(9)27-38-62)71(60(13)34-23-54(7)15-2)68(49-41-61-35-24-55(8)25-36-61)73(67)65-45-30-58(11)31-46-65/h14-18,20,22-40,44-48H,1,3,13H2,2,4-12H3/b18-17+,34-23-,53-20-,54-15-,64-44+,71-68?,71-69?,72-67?,72-70?,73-67?,73-68?,74-69?,74-70?. The van der Waals surface area contributed by atoms with Crippen LogP contribution in [0.4, 0.5) is 0 Å². The quantitative estimate of drug-likeness (QED) is 0.0967. The lowest BCUT2D eigenvalue weighted by molar-refractivity contribution is 1.35. The van der Waals surface area contributed by atoms with Gasteiger partial charge in [0.2, 0.25) is 0 Å². The maximum atomic E-state index is 4.94. The first-order valence-corrected chi connectivity index (χ1v) is 25.0. The van der Waals surface area contributed by atoms with Crippen LogP contribution in [0.1, 0.15) is 90.3 Å². The maximum Gasteiger partial charge on any atom is 0.0431 e. The van der Waals surface area contributed by atoms with Gasteiger partial charge in [0.15, 0.2) is 0 Å². The van der Waals surface area contributed by atoms with E-state index in [0.717, 1.165) is 111 Å². The third kappa shape index (κ3) is 14.8. The highest BCUT2D eigenvalue weighted by molar-refractivity contribution is 6.03. The second kappa shape index (κ2) is 26.4. The van der Waals surface area contributed by atoms with Crippen LogP contribution in [0.15, 0.2) is 263 Å². The molecule has 1 aliphatic rings. The van der Waals surface area contributed by atoms with Gasteiger partial charge in [-0.2, -0.15) is 0 Å². The van der Waals surface area contributed by atoms with Crippen LogP contribution in [0, 0.1) is 82.0 Å². The van der Waals surface area contributed by atoms with Crippen LogP contribution in [-0.2, 0) is 0 Å². The van der Waals surface area contributed by atoms with Crippen LogP contribution in [-0.4, -0.2) is 0 Å². The highest BCUT2D eigenvalue weighted by Gasteiger charge is 2.31. The lowest BCUT2D eigenvalue weighted by atomic mass is 9.74. The molecule has 6 rings (SSSR count). The predicted molar refractivity (Wildman–Crippen MR) is 321 cm³/mol. The molecule has 0 nitrogen and oxygen atoms in total. The Morgan fingerprint density at radius 2 is 0.824 bits per heavy atom. The second-order valence-corrected chi connectivity index (χ2v) is 18.8. The van der Waals surface area contributed by atoms with E-state index in [1.54, 1.807) is 0 Å². The van der Waals surface area contributed by atoms with Crippen molar-refractivity contribution in [1.82, 2.24) is 0 Å². The lowest BCUT2D eigenvalue weighted by Crippen LogP contribution is -2.12. The molecule has 362 valence electrons. The summed E-state index contributed by atoms with van der Waals surface area (Å²) in [4.78, 5) is 0. The van der Waals surface area contributed by atoms with Crippen LogP contribution in [0.3, 0.4) is 0 Å². The Morgan fingerprint density at radius 1 is 0.419 bits per heavy atom. The average Bonchev–Trinajstić information content (AvgIpc) is 3.39. The normalized spacial score (nSPS) is 13.2. The highest BCUT2D eigenvalue weighted by atomic mass is 14.3. The second-order valence-electron chi connectivity index (χ2n) is 18.8. The Bertz CT molecular complexity index is 3550. The molecule has 0 spiro atoms. The Balaban J connectivity index is 2.10. The van der Waals surface area contributed by atoms with Gasteiger partial charge in [-0.1, -0.05) is 251 Å². The van der Waals surface area contributed by atoms with Gasteiger partial charge in [-0.05, 0) is 134 Å². The highest BCUT2D eigenvalue weighted by Crippen LogP contribution is 2.46. The number of hydrogen-bond acceptors (Lipinski definition) is 0. The Hall–Kier alpha value is -9.04. The maximum absolute atomic E-state index is 4.94. The summed E-state index contributed by atoms with van der Waals surface area (Å²) in [5.41, 5.74) is 20.9. The molecule has 0 heteroatoms. The molecular weight excluding hydrogens is 889 g/mol. The molecule has 5 aromatic rings. The van der Waals surface area contributed by atoms with E-state index in [2.05, 4.69) is 268 Å². The fraction of sp³-hybridized carbons (Fsp3) is 0.135. The molecule has 0 fully saturated rings. The molecule has 0 unspecified atom stereocenters. The number of allylic oxidation sites excluding steroid dienone is 23. The summed E-state index contributed by atoms with van der Waals surface area (Å²) < 4.78 is 0. The van der Waals surface area contributed by atoms with Crippen LogP contribution >= 0.6 is 0 Å². The fourth-order valence-corrected chi connectivity index (χ4v) is 7.79. The van der Waals surface area contributed by atoms with Gasteiger partial charge in [-0.25, -0.2) is 0 Å². The van der Waals surface area contributed by atoms with E-state index >= 15 is 0 Å². The van der Waals surface area contributed by atoms with Gasteiger partial charge in [-0.15, -0.1) is 0 Å². The number of aryl methyl sites for hydroxylation is 5. The van der Waals surface area contributed by atoms with Crippen molar-refractivity contribution >= 4 is 11.1 Å². The van der Waals surface area contributed by atoms with Crippen LogP contribution in [0.5, 0.6) is 0 Å². The van der Waals surface area contributed by atoms with Gasteiger partial charge in [0.1, 0.15) is 0 Å². The van der Waals surface area contributed by atoms with Gasteiger partial charge in [0.25, 0.3) is 0 Å². The molecule has 0 atom stereocenters. The first kappa shape index (κ1) is 54.3. The van der Waals surface area contributed by atoms with Gasteiger partial charge >= 0.3 is 0 Å². The van der Waals surface area contributed by atoms with Crippen molar-refractivity contribution in [3.63, 3.8) is 0 Å². The monoisotopic (exact) mass is 955 g/mol. The van der Waals surface area contributed by atoms with Gasteiger partial charge in [0.05, 0.1) is 0 Å². The first-order chi connectivity index (χ1) is 35.7. The molecule has 0 saturated carbocycles. The third-order valence-corrected chi connectivity index (χ3v) is 12.3. The van der Waals surface area contributed by atoms with Crippen molar-refractivity contribution < 1.29 is 0 Å². The number of rotatable bonds is 10. The zero-order valence-electron chi connectivity index (χ0n) is 44.9. The molecule has 0 aromatic heterocycles. The van der Waals surface area contributed by atoms with Crippen molar-refractivity contribution in [3.05, 3.63) is 319 Å². The summed E-state index contributed by atoms with van der Waals surface area (Å²) >= 11 is 0. The topological polar surface area (TPSA) is 0 Å². The summed E-state index contributed by atoms with van der Waals surface area (Å²) in [5.74, 6) is 29.8. The van der Waals surface area contributed by atoms with Crippen molar-refractivity contribution in [2.75, 3.05) is 0 Å². The van der Waals surface area contributed by atoms with Crippen LogP contribution < -0.4 is 0 Å². The number of benzene rings is 5. The Labute approximate surface area is 444 Å². The minimum Gasteiger partial charge on any atom is -0.0988 e. The van der Waals surface area contributed by atoms with Crippen molar-refractivity contribution in [3.8, 4) is 47.4 Å². The summed E-state index contributed by atoms with van der Waals surface area (Å²) in [6.45, 7) is 34.3. The molecule has 5 aromatic carbocycles. The third-order valence-electron chi connectivity index (χ3n) is 12.3. The van der Waals surface area contributed by atoms with E-state index in [0.29, 0.717) is 16.7 Å². The van der Waals surface area contributed by atoms with E-state index in [9.17, 15) is 0 Å². The van der Waals surface area contributed by atoms with Gasteiger partial charge in [0, 0.05) is 61.3 Å². The minimum atomic E-state index is 0.712. The van der Waals surface area contributed by atoms with Gasteiger partial charge in [-0.3, -0.25) is 0 Å². The van der Waals surface area contributed by atoms with Crippen LogP contribution in [0.25, 0.3) is 11.1 Å². The molecule has 74 heavy (non-hydrogen) atoms. The molecule has 0 bridgehead atoms. The molecule has 1 aliphatic carbocycles. The average molecular weight is 955 g/mol. The summed E-state index contributed by atoms with van der Waals surface area (Å²) in [5, 5.41) is 0. The van der Waals surface area contributed by atoms with E-state index in [1.165, 1.54) is 0 Å². The lowest BCUT2D eigenvalue weighted by Gasteiger charge is -2.27. The molecule has 0 amide bonds. The van der Waals surface area contributed by atoms with E-state index < -0.39 is 0 Å². The molecular formula is C74H66. The Morgan fingerprint density at radius 3 is 1.23 bits per heavy atom. The van der Waals surface area contributed by atoms with E-state index in [1.807, 2.05) is 44.2 Å². The molecule has 0 N–H and O–H groups in total. The minimum absolute atomic E-state index is 0.712.